The van der Waals surface area contributed by atoms with Gasteiger partial charge in [-0.25, -0.2) is 4.79 Å². The molecule has 4 nitrogen and oxygen atoms in total. The highest BCUT2D eigenvalue weighted by Crippen LogP contribution is 2.19. The van der Waals surface area contributed by atoms with Gasteiger partial charge in [0.2, 0.25) is 0 Å². The first-order valence-electron chi connectivity index (χ1n) is 4.74. The highest BCUT2D eigenvalue weighted by Gasteiger charge is 2.08. The normalized spacial score (nSPS) is 9.53. The van der Waals surface area contributed by atoms with Crippen molar-refractivity contribution in [2.45, 2.75) is 6.92 Å². The van der Waals surface area contributed by atoms with Crippen LogP contribution in [0.3, 0.4) is 0 Å². The van der Waals surface area contributed by atoms with Gasteiger partial charge in [0.1, 0.15) is 11.5 Å². The van der Waals surface area contributed by atoms with Crippen LogP contribution in [0.4, 0.5) is 4.79 Å². The van der Waals surface area contributed by atoms with Crippen LogP contribution in [0, 0.1) is 0 Å². The van der Waals surface area contributed by atoms with Crippen LogP contribution in [0.1, 0.15) is 6.92 Å². The molecule has 0 spiro atoms. The Hall–Kier alpha value is -1.71. The zero-order valence-corrected chi connectivity index (χ0v) is 9.19. The van der Waals surface area contributed by atoms with E-state index in [1.54, 1.807) is 38.4 Å². The van der Waals surface area contributed by atoms with Crippen LogP contribution in [-0.4, -0.2) is 31.7 Å². The molecule has 15 heavy (non-hydrogen) atoms. The summed E-state index contributed by atoms with van der Waals surface area (Å²) < 4.78 is 10.1. The summed E-state index contributed by atoms with van der Waals surface area (Å²) in [4.78, 5) is 12.9. The van der Waals surface area contributed by atoms with Crippen molar-refractivity contribution >= 4 is 6.09 Å². The van der Waals surface area contributed by atoms with Crippen molar-refractivity contribution in [3.05, 3.63) is 24.3 Å². The number of hydrogen-bond acceptors (Lipinski definition) is 3. The average Bonchev–Trinajstić information content (AvgIpc) is 2.28. The maximum absolute atomic E-state index is 11.4. The van der Waals surface area contributed by atoms with E-state index in [0.29, 0.717) is 18.0 Å². The Labute approximate surface area is 89.4 Å². The molecule has 0 aliphatic carbocycles. The number of rotatable bonds is 3. The van der Waals surface area contributed by atoms with Crippen molar-refractivity contribution in [2.75, 3.05) is 20.7 Å². The summed E-state index contributed by atoms with van der Waals surface area (Å²) in [6.07, 6.45) is -0.370. The second kappa shape index (κ2) is 5.24. The lowest BCUT2D eigenvalue weighted by Gasteiger charge is -2.14. The molecule has 1 aromatic rings. The highest BCUT2D eigenvalue weighted by atomic mass is 16.6. The van der Waals surface area contributed by atoms with Gasteiger partial charge in [0.25, 0.3) is 0 Å². The van der Waals surface area contributed by atoms with E-state index in [-0.39, 0.29) is 6.09 Å². The van der Waals surface area contributed by atoms with Crippen molar-refractivity contribution in [2.24, 2.45) is 0 Å². The monoisotopic (exact) mass is 209 g/mol. The minimum Gasteiger partial charge on any atom is -0.497 e. The molecule has 82 valence electrons. The molecule has 0 unspecified atom stereocenters. The van der Waals surface area contributed by atoms with Crippen LogP contribution in [0.15, 0.2) is 24.3 Å². The lowest BCUT2D eigenvalue weighted by Crippen LogP contribution is -2.29. The van der Waals surface area contributed by atoms with Crippen LogP contribution in [0.5, 0.6) is 11.5 Å². The van der Waals surface area contributed by atoms with Gasteiger partial charge in [0.15, 0.2) is 0 Å². The minimum atomic E-state index is -0.370. The second-order valence-electron chi connectivity index (χ2n) is 3.06. The largest absolute Gasteiger partial charge is 0.497 e. The smallest absolute Gasteiger partial charge is 0.414 e. The molecule has 0 atom stereocenters. The van der Waals surface area contributed by atoms with Crippen LogP contribution in [-0.2, 0) is 0 Å². The Balaban J connectivity index is 2.68. The molecule has 0 aromatic heterocycles. The van der Waals surface area contributed by atoms with Crippen LogP contribution >= 0.6 is 0 Å². The van der Waals surface area contributed by atoms with Crippen molar-refractivity contribution in [1.82, 2.24) is 4.90 Å². The van der Waals surface area contributed by atoms with Gasteiger partial charge in [-0.15, -0.1) is 0 Å². The van der Waals surface area contributed by atoms with Crippen molar-refractivity contribution in [3.63, 3.8) is 0 Å². The summed E-state index contributed by atoms with van der Waals surface area (Å²) in [5, 5.41) is 0. The van der Waals surface area contributed by atoms with E-state index in [9.17, 15) is 4.79 Å². The predicted octanol–water partition coefficient (Wildman–Crippen LogP) is 2.15. The fraction of sp³-hybridized carbons (Fsp3) is 0.364. The van der Waals surface area contributed by atoms with Gasteiger partial charge in [-0.2, -0.15) is 0 Å². The Morgan fingerprint density at radius 3 is 2.67 bits per heavy atom. The maximum Gasteiger partial charge on any atom is 0.414 e. The molecular formula is C11H15NO3. The first-order chi connectivity index (χ1) is 7.17. The van der Waals surface area contributed by atoms with E-state index in [0.717, 1.165) is 0 Å². The summed E-state index contributed by atoms with van der Waals surface area (Å²) in [5.74, 6) is 1.15. The molecule has 0 heterocycles. The Bertz CT molecular complexity index is 338. The molecule has 0 bridgehead atoms. The third-order valence-corrected chi connectivity index (χ3v) is 2.03. The average molecular weight is 209 g/mol. The van der Waals surface area contributed by atoms with Crippen molar-refractivity contribution < 1.29 is 14.3 Å². The van der Waals surface area contributed by atoms with Gasteiger partial charge < -0.3 is 14.4 Å². The SMILES string of the molecule is CCN(C)C(=O)Oc1cccc(OC)c1. The van der Waals surface area contributed by atoms with Gasteiger partial charge >= 0.3 is 6.09 Å². The Kier molecular flexibility index (Phi) is 3.97. The van der Waals surface area contributed by atoms with Gasteiger partial charge in [-0.3, -0.25) is 0 Å². The number of amides is 1. The molecule has 4 heteroatoms. The van der Waals surface area contributed by atoms with Crippen LogP contribution in [0.2, 0.25) is 0 Å². The third kappa shape index (κ3) is 3.16. The standard InChI is InChI=1S/C11H15NO3/c1-4-12(2)11(13)15-10-7-5-6-9(8-10)14-3/h5-8H,4H2,1-3H3. The van der Waals surface area contributed by atoms with Gasteiger partial charge in [-0.05, 0) is 19.1 Å². The number of hydrogen-bond donors (Lipinski definition) is 0. The number of nitrogens with zero attached hydrogens (tertiary/aromatic N) is 1. The highest BCUT2D eigenvalue weighted by molar-refractivity contribution is 5.70. The van der Waals surface area contributed by atoms with Gasteiger partial charge in [0.05, 0.1) is 7.11 Å². The van der Waals surface area contributed by atoms with E-state index in [4.69, 9.17) is 9.47 Å². The van der Waals surface area contributed by atoms with E-state index < -0.39 is 0 Å². The Morgan fingerprint density at radius 2 is 2.07 bits per heavy atom. The number of methoxy groups -OCH3 is 1. The first-order valence-corrected chi connectivity index (χ1v) is 4.74. The van der Waals surface area contributed by atoms with E-state index in [1.165, 1.54) is 4.90 Å². The molecule has 1 rings (SSSR count). The molecule has 0 aliphatic rings. The number of ether oxygens (including phenoxy) is 2. The fourth-order valence-electron chi connectivity index (χ4n) is 0.973. The topological polar surface area (TPSA) is 38.8 Å². The van der Waals surface area contributed by atoms with Gasteiger partial charge in [-0.1, -0.05) is 6.07 Å². The molecular weight excluding hydrogens is 194 g/mol. The Morgan fingerprint density at radius 1 is 1.40 bits per heavy atom. The number of carbonyl (C=O) groups excluding carboxylic acids is 1. The summed E-state index contributed by atoms with van der Waals surface area (Å²) in [7, 11) is 3.25. The fourth-order valence-corrected chi connectivity index (χ4v) is 0.973. The summed E-state index contributed by atoms with van der Waals surface area (Å²) >= 11 is 0. The summed E-state index contributed by atoms with van der Waals surface area (Å²) in [6, 6.07) is 6.94. The molecule has 0 saturated heterocycles. The first kappa shape index (κ1) is 11.4. The van der Waals surface area contributed by atoms with Crippen LogP contribution < -0.4 is 9.47 Å². The van der Waals surface area contributed by atoms with Crippen LogP contribution in [0.25, 0.3) is 0 Å². The number of benzene rings is 1. The molecule has 0 N–H and O–H groups in total. The molecule has 1 amide bonds. The van der Waals surface area contributed by atoms with E-state index >= 15 is 0 Å². The summed E-state index contributed by atoms with van der Waals surface area (Å²) in [5.41, 5.74) is 0. The summed E-state index contributed by atoms with van der Waals surface area (Å²) in [6.45, 7) is 2.50. The minimum absolute atomic E-state index is 0.370. The lowest BCUT2D eigenvalue weighted by molar-refractivity contribution is 0.165. The molecule has 0 radical (unpaired) electrons. The van der Waals surface area contributed by atoms with Gasteiger partial charge in [0, 0.05) is 19.7 Å². The quantitative estimate of drug-likeness (QED) is 0.765. The van der Waals surface area contributed by atoms with Crippen molar-refractivity contribution in [1.29, 1.82) is 0 Å². The van der Waals surface area contributed by atoms with Crippen molar-refractivity contribution in [3.8, 4) is 11.5 Å². The zero-order chi connectivity index (χ0) is 11.3. The van der Waals surface area contributed by atoms with E-state index in [1.807, 2.05) is 6.92 Å². The third-order valence-electron chi connectivity index (χ3n) is 2.03. The molecule has 0 aliphatic heterocycles. The molecule has 0 fully saturated rings. The maximum atomic E-state index is 11.4. The van der Waals surface area contributed by atoms with E-state index in [2.05, 4.69) is 0 Å². The zero-order valence-electron chi connectivity index (χ0n) is 9.19. The number of carbonyl (C=O) groups is 1. The second-order valence-corrected chi connectivity index (χ2v) is 3.06. The lowest BCUT2D eigenvalue weighted by atomic mass is 10.3. The predicted molar refractivity (Wildman–Crippen MR) is 57.3 cm³/mol. The molecule has 0 saturated carbocycles. The molecule has 1 aromatic carbocycles.